The first kappa shape index (κ1) is 16.2. The molecule has 112 valence electrons. The summed E-state index contributed by atoms with van der Waals surface area (Å²) < 4.78 is 10.3. The Hall–Kier alpha value is -0.810. The first-order chi connectivity index (χ1) is 8.64. The fourth-order valence-corrected chi connectivity index (χ4v) is 2.41. The van der Waals surface area contributed by atoms with E-state index in [-0.39, 0.29) is 18.1 Å². The second kappa shape index (κ2) is 6.09. The number of amides is 1. The summed E-state index contributed by atoms with van der Waals surface area (Å²) in [5.41, 5.74) is -0.471. The molecular weight excluding hydrogens is 246 g/mol. The Balaban J connectivity index is 2.37. The summed E-state index contributed by atoms with van der Waals surface area (Å²) in [6, 6.07) is 0.124. The van der Waals surface area contributed by atoms with Crippen molar-refractivity contribution in [3.8, 4) is 0 Å². The molecule has 0 bridgehead atoms. The lowest BCUT2D eigenvalue weighted by molar-refractivity contribution is -0.213. The second-order valence-electron chi connectivity index (χ2n) is 6.45. The molecule has 1 rings (SSSR count). The van der Waals surface area contributed by atoms with Crippen LogP contribution in [0.25, 0.3) is 0 Å². The molecule has 0 aromatic carbocycles. The summed E-state index contributed by atoms with van der Waals surface area (Å²) in [6.07, 6.45) is 2.98. The van der Waals surface area contributed by atoms with Crippen LogP contribution in [0.15, 0.2) is 0 Å². The number of hydrogen-bond donors (Lipinski definition) is 2. The maximum absolute atomic E-state index is 11.7. The monoisotopic (exact) mass is 273 g/mol. The SMILES string of the molecule is COC(C)(O)[C@H]1CC[C@H](NC(=O)OC(C)(C)C)CC1. The van der Waals surface area contributed by atoms with Gasteiger partial charge in [-0.1, -0.05) is 0 Å². The van der Waals surface area contributed by atoms with E-state index in [0.29, 0.717) is 0 Å². The van der Waals surface area contributed by atoms with E-state index in [1.165, 1.54) is 7.11 Å². The molecule has 0 radical (unpaired) electrons. The van der Waals surface area contributed by atoms with E-state index in [1.807, 2.05) is 20.8 Å². The molecule has 0 saturated heterocycles. The van der Waals surface area contributed by atoms with Gasteiger partial charge in [0.05, 0.1) is 0 Å². The molecule has 1 aliphatic rings. The van der Waals surface area contributed by atoms with Crippen LogP contribution in [0.4, 0.5) is 4.79 Å². The summed E-state index contributed by atoms with van der Waals surface area (Å²) in [5.74, 6) is -0.953. The van der Waals surface area contributed by atoms with E-state index >= 15 is 0 Å². The molecule has 1 saturated carbocycles. The van der Waals surface area contributed by atoms with Crippen LogP contribution < -0.4 is 5.32 Å². The number of ether oxygens (including phenoxy) is 2. The Labute approximate surface area is 115 Å². The van der Waals surface area contributed by atoms with E-state index in [0.717, 1.165) is 25.7 Å². The highest BCUT2D eigenvalue weighted by atomic mass is 16.6. The van der Waals surface area contributed by atoms with Gasteiger partial charge in [0.1, 0.15) is 5.60 Å². The van der Waals surface area contributed by atoms with Crippen LogP contribution in [-0.4, -0.2) is 35.7 Å². The van der Waals surface area contributed by atoms with E-state index in [1.54, 1.807) is 6.92 Å². The molecule has 0 aromatic heterocycles. The molecular formula is C14H27NO4. The first-order valence-corrected chi connectivity index (χ1v) is 6.91. The maximum atomic E-state index is 11.7. The van der Waals surface area contributed by atoms with Gasteiger partial charge in [-0.25, -0.2) is 4.79 Å². The number of nitrogens with one attached hydrogen (secondary N) is 1. The van der Waals surface area contributed by atoms with Crippen molar-refractivity contribution in [1.82, 2.24) is 5.32 Å². The van der Waals surface area contributed by atoms with E-state index in [9.17, 15) is 9.90 Å². The molecule has 1 fully saturated rings. The summed E-state index contributed by atoms with van der Waals surface area (Å²) in [5, 5.41) is 12.9. The first-order valence-electron chi connectivity index (χ1n) is 6.91. The second-order valence-corrected chi connectivity index (χ2v) is 6.45. The molecule has 0 heterocycles. The number of methoxy groups -OCH3 is 1. The lowest BCUT2D eigenvalue weighted by Gasteiger charge is -2.37. The maximum Gasteiger partial charge on any atom is 0.407 e. The predicted octanol–water partition coefficient (Wildman–Crippen LogP) is 2.42. The molecule has 1 atom stereocenters. The van der Waals surface area contributed by atoms with Crippen molar-refractivity contribution in [3.05, 3.63) is 0 Å². The van der Waals surface area contributed by atoms with Gasteiger partial charge in [0.15, 0.2) is 5.79 Å². The van der Waals surface area contributed by atoms with Crippen LogP contribution in [0.2, 0.25) is 0 Å². The molecule has 1 unspecified atom stereocenters. The van der Waals surface area contributed by atoms with Gasteiger partial charge in [0.25, 0.3) is 0 Å². The Kier molecular flexibility index (Phi) is 5.21. The van der Waals surface area contributed by atoms with Crippen molar-refractivity contribution in [2.75, 3.05) is 7.11 Å². The number of carbonyl (C=O) groups is 1. The standard InChI is InChI=1S/C14H27NO4/c1-13(2,3)19-12(16)15-11-8-6-10(7-9-11)14(4,17)18-5/h10-11,17H,6-9H2,1-5H3,(H,15,16)/t10-,11-,14?. The Morgan fingerprint density at radius 1 is 1.16 bits per heavy atom. The third-order valence-electron chi connectivity index (χ3n) is 3.62. The van der Waals surface area contributed by atoms with Crippen molar-refractivity contribution in [2.24, 2.45) is 5.92 Å². The molecule has 0 aromatic rings. The van der Waals surface area contributed by atoms with Gasteiger partial charge in [0.2, 0.25) is 0 Å². The molecule has 19 heavy (non-hydrogen) atoms. The third-order valence-corrected chi connectivity index (χ3v) is 3.62. The van der Waals surface area contributed by atoms with Crippen LogP contribution in [0.5, 0.6) is 0 Å². The van der Waals surface area contributed by atoms with Gasteiger partial charge >= 0.3 is 6.09 Å². The van der Waals surface area contributed by atoms with Gasteiger partial charge in [-0.15, -0.1) is 0 Å². The topological polar surface area (TPSA) is 67.8 Å². The highest BCUT2D eigenvalue weighted by Gasteiger charge is 2.35. The smallest absolute Gasteiger partial charge is 0.407 e. The molecule has 0 spiro atoms. The molecule has 1 aliphatic carbocycles. The van der Waals surface area contributed by atoms with Crippen LogP contribution in [0.3, 0.4) is 0 Å². The van der Waals surface area contributed by atoms with Gasteiger partial charge < -0.3 is 19.9 Å². The normalized spacial score (nSPS) is 27.5. The Morgan fingerprint density at radius 3 is 2.11 bits per heavy atom. The van der Waals surface area contributed by atoms with Gasteiger partial charge in [-0.2, -0.15) is 0 Å². The number of rotatable bonds is 3. The van der Waals surface area contributed by atoms with Gasteiger partial charge in [0, 0.05) is 19.1 Å². The molecule has 5 nitrogen and oxygen atoms in total. The van der Waals surface area contributed by atoms with Gasteiger partial charge in [-0.3, -0.25) is 0 Å². The van der Waals surface area contributed by atoms with Gasteiger partial charge in [-0.05, 0) is 53.4 Å². The number of carbonyl (C=O) groups excluding carboxylic acids is 1. The predicted molar refractivity (Wildman–Crippen MR) is 72.7 cm³/mol. The number of hydrogen-bond acceptors (Lipinski definition) is 4. The van der Waals surface area contributed by atoms with Crippen molar-refractivity contribution in [2.45, 2.75) is 70.8 Å². The van der Waals surface area contributed by atoms with Crippen molar-refractivity contribution >= 4 is 6.09 Å². The van der Waals surface area contributed by atoms with E-state index in [4.69, 9.17) is 9.47 Å². The molecule has 0 aliphatic heterocycles. The van der Waals surface area contributed by atoms with Crippen LogP contribution >= 0.6 is 0 Å². The minimum atomic E-state index is -1.07. The van der Waals surface area contributed by atoms with Crippen LogP contribution in [-0.2, 0) is 9.47 Å². The Morgan fingerprint density at radius 2 is 1.68 bits per heavy atom. The highest BCUT2D eigenvalue weighted by molar-refractivity contribution is 5.68. The summed E-state index contributed by atoms with van der Waals surface area (Å²) >= 11 is 0. The van der Waals surface area contributed by atoms with Crippen molar-refractivity contribution in [1.29, 1.82) is 0 Å². The third kappa shape index (κ3) is 5.37. The fourth-order valence-electron chi connectivity index (χ4n) is 2.41. The average Bonchev–Trinajstić information content (AvgIpc) is 2.27. The minimum Gasteiger partial charge on any atom is -0.444 e. The van der Waals surface area contributed by atoms with E-state index in [2.05, 4.69) is 5.32 Å². The fraction of sp³-hybridized carbons (Fsp3) is 0.929. The summed E-state index contributed by atoms with van der Waals surface area (Å²) in [7, 11) is 1.52. The quantitative estimate of drug-likeness (QED) is 0.775. The zero-order valence-electron chi connectivity index (χ0n) is 12.7. The molecule has 2 N–H and O–H groups in total. The molecule has 1 amide bonds. The minimum absolute atomic E-state index is 0.120. The largest absolute Gasteiger partial charge is 0.444 e. The molecule has 5 heteroatoms. The summed E-state index contributed by atoms with van der Waals surface area (Å²) in [6.45, 7) is 7.23. The zero-order chi connectivity index (χ0) is 14.7. The van der Waals surface area contributed by atoms with E-state index < -0.39 is 11.4 Å². The highest BCUT2D eigenvalue weighted by Crippen LogP contribution is 2.33. The average molecular weight is 273 g/mol. The number of aliphatic hydroxyl groups is 1. The number of alkyl carbamates (subject to hydrolysis) is 1. The van der Waals surface area contributed by atoms with Crippen LogP contribution in [0.1, 0.15) is 53.4 Å². The summed E-state index contributed by atoms with van der Waals surface area (Å²) in [4.78, 5) is 11.7. The van der Waals surface area contributed by atoms with Crippen molar-refractivity contribution < 1.29 is 19.4 Å². The lowest BCUT2D eigenvalue weighted by Crippen LogP contribution is -2.45. The van der Waals surface area contributed by atoms with Crippen molar-refractivity contribution in [3.63, 3.8) is 0 Å². The lowest BCUT2D eigenvalue weighted by atomic mass is 9.81. The Bertz CT molecular complexity index is 301. The van der Waals surface area contributed by atoms with Crippen LogP contribution in [0, 0.1) is 5.92 Å². The zero-order valence-corrected chi connectivity index (χ0v) is 12.7.